The quantitative estimate of drug-likeness (QED) is 0.833. The van der Waals surface area contributed by atoms with Gasteiger partial charge in [-0.3, -0.25) is 4.98 Å². The van der Waals surface area contributed by atoms with Gasteiger partial charge in [-0.15, -0.1) is 0 Å². The Balaban J connectivity index is 1.97. The van der Waals surface area contributed by atoms with E-state index in [-0.39, 0.29) is 5.60 Å². The lowest BCUT2D eigenvalue weighted by Gasteiger charge is -2.31. The monoisotopic (exact) mass is 248 g/mol. The molecule has 0 saturated heterocycles. The van der Waals surface area contributed by atoms with Crippen LogP contribution in [-0.4, -0.2) is 17.1 Å². The van der Waals surface area contributed by atoms with Crippen molar-refractivity contribution in [3.05, 3.63) is 29.6 Å². The molecule has 2 rings (SSSR count). The highest BCUT2D eigenvalue weighted by atomic mass is 16.5. The first-order valence-corrected chi connectivity index (χ1v) is 6.99. The number of ether oxygens (including phenoxy) is 1. The molecule has 1 aromatic rings. The minimum atomic E-state index is -0.0970. The summed E-state index contributed by atoms with van der Waals surface area (Å²) in [6, 6.07) is 2.13. The van der Waals surface area contributed by atoms with Crippen LogP contribution in [0, 0.1) is 6.92 Å². The molecule has 1 aliphatic carbocycles. The lowest BCUT2D eigenvalue weighted by molar-refractivity contribution is -0.0603. The molecule has 0 atom stereocenters. The Hall–Kier alpha value is -0.930. The van der Waals surface area contributed by atoms with Crippen LogP contribution in [0.25, 0.3) is 0 Å². The predicted molar refractivity (Wildman–Crippen MR) is 73.3 cm³/mol. The van der Waals surface area contributed by atoms with Gasteiger partial charge in [0, 0.05) is 18.9 Å². The highest BCUT2D eigenvalue weighted by Gasteiger charge is 2.30. The molecule has 2 N–H and O–H groups in total. The van der Waals surface area contributed by atoms with Gasteiger partial charge in [0.05, 0.1) is 12.2 Å². The Morgan fingerprint density at radius 3 is 2.56 bits per heavy atom. The van der Waals surface area contributed by atoms with Crippen molar-refractivity contribution < 1.29 is 4.74 Å². The number of aromatic nitrogens is 1. The zero-order chi connectivity index (χ0) is 12.8. The molecule has 0 amide bonds. The molecule has 3 heteroatoms. The summed E-state index contributed by atoms with van der Waals surface area (Å²) in [7, 11) is 0. The lowest BCUT2D eigenvalue weighted by Crippen LogP contribution is -2.40. The first kappa shape index (κ1) is 13.5. The molecule has 18 heavy (non-hydrogen) atoms. The van der Waals surface area contributed by atoms with Gasteiger partial charge in [0.1, 0.15) is 0 Å². The number of pyridine rings is 1. The van der Waals surface area contributed by atoms with Gasteiger partial charge in [-0.25, -0.2) is 0 Å². The number of hydrogen-bond acceptors (Lipinski definition) is 3. The van der Waals surface area contributed by atoms with Gasteiger partial charge in [0.25, 0.3) is 0 Å². The van der Waals surface area contributed by atoms with Gasteiger partial charge >= 0.3 is 0 Å². The number of aryl methyl sites for hydroxylation is 1. The highest BCUT2D eigenvalue weighted by molar-refractivity contribution is 5.15. The van der Waals surface area contributed by atoms with E-state index in [9.17, 15) is 0 Å². The van der Waals surface area contributed by atoms with Crippen LogP contribution in [0.4, 0.5) is 0 Å². The maximum atomic E-state index is 6.18. The van der Waals surface area contributed by atoms with Crippen LogP contribution in [0.1, 0.15) is 49.7 Å². The third-order valence-electron chi connectivity index (χ3n) is 3.86. The summed E-state index contributed by atoms with van der Waals surface area (Å²) >= 11 is 0. The molecule has 0 spiro atoms. The third-order valence-corrected chi connectivity index (χ3v) is 3.86. The molecule has 1 aromatic heterocycles. The van der Waals surface area contributed by atoms with E-state index in [2.05, 4.69) is 18.0 Å². The lowest BCUT2D eigenvalue weighted by atomic mass is 9.94. The Bertz CT molecular complexity index is 371. The normalized spacial score (nSPS) is 19.4. The minimum Gasteiger partial charge on any atom is -0.369 e. The summed E-state index contributed by atoms with van der Waals surface area (Å²) in [6.45, 7) is 3.32. The predicted octanol–water partition coefficient (Wildman–Crippen LogP) is 2.96. The summed E-state index contributed by atoms with van der Waals surface area (Å²) in [5, 5.41) is 0. The molecule has 1 heterocycles. The fraction of sp³-hybridized carbons (Fsp3) is 0.667. The zero-order valence-corrected chi connectivity index (χ0v) is 11.3. The summed E-state index contributed by atoms with van der Waals surface area (Å²) in [5.41, 5.74) is 8.19. The topological polar surface area (TPSA) is 48.1 Å². The Kier molecular flexibility index (Phi) is 4.72. The molecular formula is C15H24N2O. The van der Waals surface area contributed by atoms with Crippen molar-refractivity contribution in [2.24, 2.45) is 5.73 Å². The van der Waals surface area contributed by atoms with Gasteiger partial charge in [-0.2, -0.15) is 0 Å². The number of nitrogens with two attached hydrogens (primary N) is 1. The maximum absolute atomic E-state index is 6.18. The summed E-state index contributed by atoms with van der Waals surface area (Å²) < 4.78 is 6.18. The average Bonchev–Trinajstić information content (AvgIpc) is 2.63. The number of hydrogen-bond donors (Lipinski definition) is 1. The second kappa shape index (κ2) is 6.30. The van der Waals surface area contributed by atoms with E-state index in [1.54, 1.807) is 0 Å². The molecular weight excluding hydrogens is 224 g/mol. The largest absolute Gasteiger partial charge is 0.369 e. The van der Waals surface area contributed by atoms with Crippen molar-refractivity contribution in [1.82, 2.24) is 4.98 Å². The molecule has 0 radical (unpaired) electrons. The number of nitrogens with zero attached hydrogens (tertiary/aromatic N) is 1. The van der Waals surface area contributed by atoms with Crippen molar-refractivity contribution in [1.29, 1.82) is 0 Å². The van der Waals surface area contributed by atoms with E-state index in [0.29, 0.717) is 13.2 Å². The SMILES string of the molecule is Cc1cncc(COC2(CN)CCCCCC2)c1. The van der Waals surface area contributed by atoms with Gasteiger partial charge < -0.3 is 10.5 Å². The van der Waals surface area contributed by atoms with Crippen LogP contribution < -0.4 is 5.73 Å². The minimum absolute atomic E-state index is 0.0970. The van der Waals surface area contributed by atoms with Crippen molar-refractivity contribution in [2.75, 3.05) is 6.54 Å². The second-order valence-electron chi connectivity index (χ2n) is 5.46. The molecule has 100 valence electrons. The van der Waals surface area contributed by atoms with E-state index in [0.717, 1.165) is 18.4 Å². The fourth-order valence-electron chi connectivity index (χ4n) is 2.71. The summed E-state index contributed by atoms with van der Waals surface area (Å²) in [6.07, 6.45) is 11.1. The average molecular weight is 248 g/mol. The number of rotatable bonds is 4. The molecule has 0 unspecified atom stereocenters. The van der Waals surface area contributed by atoms with Gasteiger partial charge in [0.15, 0.2) is 0 Å². The van der Waals surface area contributed by atoms with E-state index < -0.39 is 0 Å². The maximum Gasteiger partial charge on any atom is 0.0808 e. The molecule has 0 aliphatic heterocycles. The summed E-state index contributed by atoms with van der Waals surface area (Å²) in [4.78, 5) is 4.20. The van der Waals surface area contributed by atoms with E-state index in [1.165, 1.54) is 31.2 Å². The van der Waals surface area contributed by atoms with Crippen molar-refractivity contribution in [3.63, 3.8) is 0 Å². The molecule has 1 saturated carbocycles. The van der Waals surface area contributed by atoms with Crippen molar-refractivity contribution in [3.8, 4) is 0 Å². The van der Waals surface area contributed by atoms with E-state index in [4.69, 9.17) is 10.5 Å². The van der Waals surface area contributed by atoms with Crippen LogP contribution in [0.3, 0.4) is 0 Å². The van der Waals surface area contributed by atoms with Gasteiger partial charge in [-0.1, -0.05) is 31.7 Å². The molecule has 1 aliphatic rings. The molecule has 1 fully saturated rings. The first-order chi connectivity index (χ1) is 8.74. The zero-order valence-electron chi connectivity index (χ0n) is 11.3. The highest BCUT2D eigenvalue weighted by Crippen LogP contribution is 2.30. The van der Waals surface area contributed by atoms with Crippen LogP contribution in [0.2, 0.25) is 0 Å². The van der Waals surface area contributed by atoms with Crippen LogP contribution in [0.5, 0.6) is 0 Å². The van der Waals surface area contributed by atoms with Crippen LogP contribution in [-0.2, 0) is 11.3 Å². The van der Waals surface area contributed by atoms with E-state index >= 15 is 0 Å². The molecule has 0 bridgehead atoms. The van der Waals surface area contributed by atoms with Crippen LogP contribution >= 0.6 is 0 Å². The Morgan fingerprint density at radius 2 is 1.94 bits per heavy atom. The Morgan fingerprint density at radius 1 is 1.22 bits per heavy atom. The van der Waals surface area contributed by atoms with E-state index in [1.807, 2.05) is 12.4 Å². The Labute approximate surface area is 110 Å². The third kappa shape index (κ3) is 3.53. The fourth-order valence-corrected chi connectivity index (χ4v) is 2.71. The van der Waals surface area contributed by atoms with Crippen molar-refractivity contribution >= 4 is 0 Å². The van der Waals surface area contributed by atoms with Gasteiger partial charge in [0.2, 0.25) is 0 Å². The smallest absolute Gasteiger partial charge is 0.0808 e. The van der Waals surface area contributed by atoms with Gasteiger partial charge in [-0.05, 0) is 30.9 Å². The van der Waals surface area contributed by atoms with Crippen molar-refractivity contribution in [2.45, 2.75) is 57.7 Å². The summed E-state index contributed by atoms with van der Waals surface area (Å²) in [5.74, 6) is 0. The molecule has 0 aromatic carbocycles. The first-order valence-electron chi connectivity index (χ1n) is 6.99. The van der Waals surface area contributed by atoms with Crippen LogP contribution in [0.15, 0.2) is 18.5 Å². The molecule has 3 nitrogen and oxygen atoms in total. The standard InChI is InChI=1S/C15H24N2O/c1-13-8-14(10-17-9-13)11-18-15(12-16)6-4-2-3-5-7-15/h8-10H,2-7,11-12,16H2,1H3. The second-order valence-corrected chi connectivity index (χ2v) is 5.46.